The first kappa shape index (κ1) is 10.3. The minimum atomic E-state index is -4.07. The molecule has 0 aromatic carbocycles. The fraction of sp³-hybridized carbons (Fsp3) is 0.667. The molecule has 0 saturated heterocycles. The van der Waals surface area contributed by atoms with Crippen LogP contribution >= 0.6 is 0 Å². The average Bonchev–Trinajstić information content (AvgIpc) is 1.80. The van der Waals surface area contributed by atoms with Crippen LogP contribution < -0.4 is 9.86 Å². The lowest BCUT2D eigenvalue weighted by molar-refractivity contribution is -0.139. The molecule has 0 fully saturated rings. The summed E-state index contributed by atoms with van der Waals surface area (Å²) in [7, 11) is -4.07. The van der Waals surface area contributed by atoms with Crippen molar-refractivity contribution >= 4 is 16.2 Å². The summed E-state index contributed by atoms with van der Waals surface area (Å²) in [6.07, 6.45) is 0. The zero-order chi connectivity index (χ0) is 9.07. The van der Waals surface area contributed by atoms with Crippen LogP contribution in [0.2, 0.25) is 0 Å². The molecule has 11 heavy (non-hydrogen) atoms. The number of carbonyl (C=O) groups is 1. The molecular formula is C3H8N2O5S. The van der Waals surface area contributed by atoms with Crippen molar-refractivity contribution in [3.05, 3.63) is 0 Å². The van der Waals surface area contributed by atoms with Gasteiger partial charge in [-0.2, -0.15) is 13.1 Å². The van der Waals surface area contributed by atoms with E-state index in [1.165, 1.54) is 4.72 Å². The van der Waals surface area contributed by atoms with Crippen LogP contribution in [0.1, 0.15) is 0 Å². The molecule has 0 bridgehead atoms. The van der Waals surface area contributed by atoms with Crippen molar-refractivity contribution in [1.82, 2.24) is 4.72 Å². The topological polar surface area (TPSA) is 130 Å². The van der Waals surface area contributed by atoms with Crippen molar-refractivity contribution in [2.45, 2.75) is 6.04 Å². The Bertz CT molecular complexity index is 234. The number of carboxylic acid groups (broad SMARTS) is 1. The minimum absolute atomic E-state index is 0.842. The maximum atomic E-state index is 10.2. The third kappa shape index (κ3) is 4.67. The number of aliphatic hydroxyl groups excluding tert-OH is 1. The number of carboxylic acids is 1. The molecule has 5 N–H and O–H groups in total. The van der Waals surface area contributed by atoms with Gasteiger partial charge >= 0.3 is 5.97 Å². The zero-order valence-electron chi connectivity index (χ0n) is 5.39. The van der Waals surface area contributed by atoms with Gasteiger partial charge in [-0.15, -0.1) is 0 Å². The number of hydrogen-bond donors (Lipinski definition) is 4. The first-order chi connectivity index (χ1) is 4.87. The van der Waals surface area contributed by atoms with Crippen LogP contribution in [0.5, 0.6) is 0 Å². The van der Waals surface area contributed by atoms with Gasteiger partial charge < -0.3 is 10.2 Å². The number of nitrogens with two attached hydrogens (primary N) is 1. The summed E-state index contributed by atoms with van der Waals surface area (Å²) in [6, 6.07) is -1.58. The largest absolute Gasteiger partial charge is 0.480 e. The molecule has 66 valence electrons. The van der Waals surface area contributed by atoms with Crippen LogP contribution in [-0.2, 0) is 15.0 Å². The van der Waals surface area contributed by atoms with E-state index in [-0.39, 0.29) is 0 Å². The molecule has 0 aliphatic heterocycles. The second kappa shape index (κ2) is 3.62. The molecule has 0 heterocycles. The average molecular weight is 184 g/mol. The summed E-state index contributed by atoms with van der Waals surface area (Å²) in [5.74, 6) is -1.48. The summed E-state index contributed by atoms with van der Waals surface area (Å²) in [5.41, 5.74) is 0. The normalized spacial score (nSPS) is 14.4. The van der Waals surface area contributed by atoms with E-state index >= 15 is 0 Å². The predicted molar refractivity (Wildman–Crippen MR) is 34.8 cm³/mol. The summed E-state index contributed by atoms with van der Waals surface area (Å²) >= 11 is 0. The summed E-state index contributed by atoms with van der Waals surface area (Å²) < 4.78 is 21.9. The van der Waals surface area contributed by atoms with E-state index in [0.29, 0.717) is 0 Å². The lowest BCUT2D eigenvalue weighted by Crippen LogP contribution is -2.46. The molecule has 0 unspecified atom stereocenters. The second-order valence-corrected chi connectivity index (χ2v) is 3.06. The van der Waals surface area contributed by atoms with Gasteiger partial charge in [0.05, 0.1) is 6.61 Å². The number of hydrogen-bond acceptors (Lipinski definition) is 4. The Kier molecular flexibility index (Phi) is 3.39. The van der Waals surface area contributed by atoms with Crippen molar-refractivity contribution < 1.29 is 23.4 Å². The molecule has 1 atom stereocenters. The fourth-order valence-corrected chi connectivity index (χ4v) is 0.936. The Morgan fingerprint density at radius 3 is 2.18 bits per heavy atom. The quantitative estimate of drug-likeness (QED) is 0.375. The van der Waals surface area contributed by atoms with E-state index in [2.05, 4.69) is 5.14 Å². The van der Waals surface area contributed by atoms with Crippen molar-refractivity contribution in [1.29, 1.82) is 0 Å². The Balaban J connectivity index is 4.22. The standard InChI is InChI=1S/C3H8N2O5S/c4-11(9,10)5-2(1-6)3(7)8/h2,5-6H,1H2,(H,7,8)(H2,4,9,10)/t2-/m0/s1. The maximum absolute atomic E-state index is 10.2. The molecule has 0 aliphatic carbocycles. The van der Waals surface area contributed by atoms with Gasteiger partial charge in [-0.05, 0) is 0 Å². The number of aliphatic carboxylic acids is 1. The molecule has 0 aromatic heterocycles. The van der Waals surface area contributed by atoms with Crippen molar-refractivity contribution in [3.8, 4) is 0 Å². The molecule has 0 rings (SSSR count). The van der Waals surface area contributed by atoms with Crippen LogP contribution in [-0.4, -0.2) is 37.2 Å². The maximum Gasteiger partial charge on any atom is 0.324 e. The van der Waals surface area contributed by atoms with Gasteiger partial charge in [-0.1, -0.05) is 0 Å². The van der Waals surface area contributed by atoms with Gasteiger partial charge in [-0.25, -0.2) is 5.14 Å². The number of aliphatic hydroxyl groups is 1. The van der Waals surface area contributed by atoms with Gasteiger partial charge in [0, 0.05) is 0 Å². The predicted octanol–water partition coefficient (Wildman–Crippen LogP) is -2.77. The lowest BCUT2D eigenvalue weighted by Gasteiger charge is -2.07. The number of rotatable bonds is 4. The van der Waals surface area contributed by atoms with Gasteiger partial charge in [0.2, 0.25) is 0 Å². The highest BCUT2D eigenvalue weighted by molar-refractivity contribution is 7.87. The Morgan fingerprint density at radius 2 is 2.09 bits per heavy atom. The minimum Gasteiger partial charge on any atom is -0.480 e. The Hall–Kier alpha value is -0.700. The summed E-state index contributed by atoms with van der Waals surface area (Å²) in [6.45, 7) is -0.842. The smallest absolute Gasteiger partial charge is 0.324 e. The molecule has 0 spiro atoms. The third-order valence-electron chi connectivity index (χ3n) is 0.787. The summed E-state index contributed by atoms with van der Waals surface area (Å²) in [5, 5.41) is 20.9. The lowest BCUT2D eigenvalue weighted by atomic mass is 10.3. The first-order valence-electron chi connectivity index (χ1n) is 2.50. The van der Waals surface area contributed by atoms with Crippen LogP contribution in [0.15, 0.2) is 0 Å². The van der Waals surface area contributed by atoms with Crippen molar-refractivity contribution in [2.75, 3.05) is 6.61 Å². The van der Waals surface area contributed by atoms with Gasteiger partial charge in [0.1, 0.15) is 6.04 Å². The highest BCUT2D eigenvalue weighted by atomic mass is 32.2. The molecule has 0 radical (unpaired) electrons. The van der Waals surface area contributed by atoms with E-state index in [1.54, 1.807) is 0 Å². The summed E-state index contributed by atoms with van der Waals surface area (Å²) in [4.78, 5) is 10.1. The molecular weight excluding hydrogens is 176 g/mol. The van der Waals surface area contributed by atoms with E-state index in [0.717, 1.165) is 0 Å². The van der Waals surface area contributed by atoms with Crippen molar-refractivity contribution in [2.24, 2.45) is 5.14 Å². The number of nitrogens with one attached hydrogen (secondary N) is 1. The first-order valence-corrected chi connectivity index (χ1v) is 4.05. The molecule has 0 amide bonds. The SMILES string of the molecule is NS(=O)(=O)N[C@@H](CO)C(=O)O. The van der Waals surface area contributed by atoms with E-state index < -0.39 is 28.8 Å². The molecule has 7 nitrogen and oxygen atoms in total. The monoisotopic (exact) mass is 184 g/mol. The third-order valence-corrected chi connectivity index (χ3v) is 1.40. The van der Waals surface area contributed by atoms with Crippen LogP contribution in [0, 0.1) is 0 Å². The van der Waals surface area contributed by atoms with Crippen LogP contribution in [0.4, 0.5) is 0 Å². The Morgan fingerprint density at radius 1 is 1.64 bits per heavy atom. The van der Waals surface area contributed by atoms with Crippen LogP contribution in [0.25, 0.3) is 0 Å². The second-order valence-electron chi connectivity index (χ2n) is 1.74. The van der Waals surface area contributed by atoms with Crippen molar-refractivity contribution in [3.63, 3.8) is 0 Å². The van der Waals surface area contributed by atoms with Crippen LogP contribution in [0.3, 0.4) is 0 Å². The molecule has 0 aliphatic rings. The van der Waals surface area contributed by atoms with E-state index in [1.807, 2.05) is 0 Å². The van der Waals surface area contributed by atoms with E-state index in [9.17, 15) is 13.2 Å². The van der Waals surface area contributed by atoms with E-state index in [4.69, 9.17) is 10.2 Å². The molecule has 8 heteroatoms. The zero-order valence-corrected chi connectivity index (χ0v) is 6.21. The highest BCUT2D eigenvalue weighted by Crippen LogP contribution is 1.83. The van der Waals surface area contributed by atoms with Gasteiger partial charge in [-0.3, -0.25) is 4.79 Å². The highest BCUT2D eigenvalue weighted by Gasteiger charge is 2.19. The molecule has 0 saturated carbocycles. The molecule has 0 aromatic rings. The fourth-order valence-electron chi connectivity index (χ4n) is 0.364. The van der Waals surface area contributed by atoms with Gasteiger partial charge in [0.25, 0.3) is 10.2 Å². The van der Waals surface area contributed by atoms with Gasteiger partial charge in [0.15, 0.2) is 0 Å². The Labute approximate surface area is 63.0 Å².